The van der Waals surface area contributed by atoms with E-state index in [1.165, 1.54) is 0 Å². The van der Waals surface area contributed by atoms with Gasteiger partial charge < -0.3 is 33.0 Å². The Balaban J connectivity index is 1.40. The van der Waals surface area contributed by atoms with Crippen LogP contribution in [-0.4, -0.2) is 47.2 Å². The monoisotopic (exact) mass is 651 g/mol. The lowest BCUT2D eigenvalue weighted by atomic mass is 10.00. The van der Waals surface area contributed by atoms with E-state index < -0.39 is 0 Å². The Kier molecular flexibility index (Phi) is 8.49. The van der Waals surface area contributed by atoms with E-state index in [1.807, 2.05) is 42.5 Å². The van der Waals surface area contributed by atoms with E-state index in [2.05, 4.69) is 77.4 Å². The van der Waals surface area contributed by atoms with Crippen molar-refractivity contribution in [2.24, 2.45) is 0 Å². The summed E-state index contributed by atoms with van der Waals surface area (Å²) in [5.41, 5.74) is 9.61. The first-order valence-corrected chi connectivity index (χ1v) is 15.9. The third kappa shape index (κ3) is 5.63. The number of aromatic nitrogens is 1. The average Bonchev–Trinajstić information content (AvgIpc) is 3.49. The van der Waals surface area contributed by atoms with Crippen molar-refractivity contribution < 1.29 is 28.4 Å². The van der Waals surface area contributed by atoms with Crippen LogP contribution in [0, 0.1) is 0 Å². The van der Waals surface area contributed by atoms with E-state index in [9.17, 15) is 0 Å². The minimum Gasteiger partial charge on any atom is -0.493 e. The number of benzene rings is 6. The van der Waals surface area contributed by atoms with Crippen LogP contribution in [0.2, 0.25) is 0 Å². The second-order valence-electron chi connectivity index (χ2n) is 11.6. The smallest absolute Gasteiger partial charge is 0.161 e. The standard InChI is InChI=1S/C42H37NO6/c1-44-37-18-11-29(23-40(37)47-4)26-7-14-32(15-8-26)43-35-16-9-27(30-12-19-38(45-2)41(24-30)48-5)21-33(35)34-22-28(10-17-36(34)43)31-13-20-39(46-3)42(25-31)49-6/h7-25H,1-6H3. The zero-order chi connectivity index (χ0) is 34.1. The van der Waals surface area contributed by atoms with Crippen LogP contribution in [0.3, 0.4) is 0 Å². The summed E-state index contributed by atoms with van der Waals surface area (Å²) < 4.78 is 35.6. The Hall–Kier alpha value is -6.08. The number of hydrogen-bond donors (Lipinski definition) is 0. The van der Waals surface area contributed by atoms with Gasteiger partial charge in [0.25, 0.3) is 0 Å². The van der Waals surface area contributed by atoms with Gasteiger partial charge in [-0.15, -0.1) is 0 Å². The lowest BCUT2D eigenvalue weighted by Crippen LogP contribution is -1.94. The molecule has 7 heteroatoms. The van der Waals surface area contributed by atoms with Gasteiger partial charge in [-0.05, 0) is 106 Å². The summed E-state index contributed by atoms with van der Waals surface area (Å²) in [5, 5.41) is 2.27. The SMILES string of the molecule is COc1ccc(-c2ccc(-n3c4ccc(-c5ccc(OC)c(OC)c5)cc4c4cc(-c5ccc(OC)c(OC)c5)ccc43)cc2)cc1OC. The number of rotatable bonds is 10. The molecule has 0 saturated heterocycles. The molecule has 49 heavy (non-hydrogen) atoms. The predicted octanol–water partition coefficient (Wildman–Crippen LogP) is 9.84. The van der Waals surface area contributed by atoms with Gasteiger partial charge in [0, 0.05) is 16.5 Å². The Morgan fingerprint density at radius 3 is 0.980 bits per heavy atom. The van der Waals surface area contributed by atoms with Gasteiger partial charge in [-0.1, -0.05) is 42.5 Å². The minimum absolute atomic E-state index is 0.688. The first-order valence-electron chi connectivity index (χ1n) is 15.9. The second-order valence-corrected chi connectivity index (χ2v) is 11.6. The third-order valence-electron chi connectivity index (χ3n) is 9.04. The number of fused-ring (bicyclic) bond motifs is 3. The molecular weight excluding hydrogens is 614 g/mol. The highest BCUT2D eigenvalue weighted by atomic mass is 16.5. The van der Waals surface area contributed by atoms with E-state index in [0.29, 0.717) is 34.5 Å². The number of nitrogens with zero attached hydrogens (tertiary/aromatic N) is 1. The first kappa shape index (κ1) is 31.5. The summed E-state index contributed by atoms with van der Waals surface area (Å²) in [6.07, 6.45) is 0. The molecule has 0 radical (unpaired) electrons. The Morgan fingerprint density at radius 2 is 0.612 bits per heavy atom. The Labute approximate surface area is 285 Å². The van der Waals surface area contributed by atoms with E-state index in [-0.39, 0.29) is 0 Å². The fraction of sp³-hybridized carbons (Fsp3) is 0.143. The van der Waals surface area contributed by atoms with Crippen LogP contribution >= 0.6 is 0 Å². The maximum atomic E-state index is 5.62. The van der Waals surface area contributed by atoms with Crippen molar-refractivity contribution in [3.8, 4) is 73.6 Å². The van der Waals surface area contributed by atoms with Crippen molar-refractivity contribution in [3.63, 3.8) is 0 Å². The summed E-state index contributed by atoms with van der Waals surface area (Å²) in [6.45, 7) is 0. The van der Waals surface area contributed by atoms with E-state index >= 15 is 0 Å². The number of hydrogen-bond acceptors (Lipinski definition) is 6. The zero-order valence-electron chi connectivity index (χ0n) is 28.4. The first-order chi connectivity index (χ1) is 24.0. The summed E-state index contributed by atoms with van der Waals surface area (Å²) in [5.74, 6) is 4.16. The molecule has 6 aromatic carbocycles. The van der Waals surface area contributed by atoms with Crippen molar-refractivity contribution in [1.82, 2.24) is 4.57 Å². The molecule has 1 heterocycles. The van der Waals surface area contributed by atoms with Gasteiger partial charge in [0.1, 0.15) is 0 Å². The summed E-state index contributed by atoms with van der Waals surface area (Å²) in [7, 11) is 9.91. The number of ether oxygens (including phenoxy) is 6. The van der Waals surface area contributed by atoms with Gasteiger partial charge in [-0.3, -0.25) is 0 Å². The largest absolute Gasteiger partial charge is 0.493 e. The lowest BCUT2D eigenvalue weighted by Gasteiger charge is -2.12. The lowest BCUT2D eigenvalue weighted by molar-refractivity contribution is 0.355. The van der Waals surface area contributed by atoms with Gasteiger partial charge in [-0.25, -0.2) is 0 Å². The molecule has 1 aromatic heterocycles. The normalized spacial score (nSPS) is 11.1. The molecule has 0 N–H and O–H groups in total. The number of methoxy groups -OCH3 is 6. The third-order valence-corrected chi connectivity index (χ3v) is 9.04. The van der Waals surface area contributed by atoms with Crippen LogP contribution < -0.4 is 28.4 Å². The molecule has 0 aliphatic carbocycles. The van der Waals surface area contributed by atoms with Crippen LogP contribution in [0.25, 0.3) is 60.9 Å². The second kappa shape index (κ2) is 13.2. The van der Waals surface area contributed by atoms with Crippen LogP contribution in [0.15, 0.2) is 115 Å². The fourth-order valence-corrected chi connectivity index (χ4v) is 6.51. The van der Waals surface area contributed by atoms with Crippen LogP contribution in [0.4, 0.5) is 0 Å². The molecule has 7 rings (SSSR count). The van der Waals surface area contributed by atoms with Crippen LogP contribution in [0.5, 0.6) is 34.5 Å². The molecule has 0 fully saturated rings. The molecule has 0 saturated carbocycles. The zero-order valence-corrected chi connectivity index (χ0v) is 28.4. The van der Waals surface area contributed by atoms with Crippen molar-refractivity contribution in [1.29, 1.82) is 0 Å². The predicted molar refractivity (Wildman–Crippen MR) is 196 cm³/mol. The van der Waals surface area contributed by atoms with E-state index in [1.54, 1.807) is 42.7 Å². The van der Waals surface area contributed by atoms with E-state index in [0.717, 1.165) is 60.9 Å². The van der Waals surface area contributed by atoms with Gasteiger partial charge in [-0.2, -0.15) is 0 Å². The summed E-state index contributed by atoms with van der Waals surface area (Å²) in [4.78, 5) is 0. The molecule has 7 aromatic rings. The van der Waals surface area contributed by atoms with Crippen molar-refractivity contribution >= 4 is 21.8 Å². The van der Waals surface area contributed by atoms with Crippen LogP contribution in [-0.2, 0) is 0 Å². The Morgan fingerprint density at radius 1 is 0.306 bits per heavy atom. The molecule has 0 bridgehead atoms. The van der Waals surface area contributed by atoms with Gasteiger partial charge >= 0.3 is 0 Å². The minimum atomic E-state index is 0.688. The van der Waals surface area contributed by atoms with Crippen molar-refractivity contribution in [2.75, 3.05) is 42.7 Å². The summed E-state index contributed by atoms with van der Waals surface area (Å²) in [6, 6.07) is 39.8. The maximum Gasteiger partial charge on any atom is 0.161 e. The highest BCUT2D eigenvalue weighted by molar-refractivity contribution is 6.11. The quantitative estimate of drug-likeness (QED) is 0.147. The molecule has 0 spiro atoms. The van der Waals surface area contributed by atoms with Gasteiger partial charge in [0.05, 0.1) is 53.7 Å². The fourth-order valence-electron chi connectivity index (χ4n) is 6.51. The molecular formula is C42H37NO6. The molecule has 0 aliphatic heterocycles. The summed E-state index contributed by atoms with van der Waals surface area (Å²) >= 11 is 0. The van der Waals surface area contributed by atoms with Crippen molar-refractivity contribution in [2.45, 2.75) is 0 Å². The highest BCUT2D eigenvalue weighted by Gasteiger charge is 2.17. The maximum absolute atomic E-state index is 5.62. The van der Waals surface area contributed by atoms with E-state index in [4.69, 9.17) is 28.4 Å². The average molecular weight is 652 g/mol. The van der Waals surface area contributed by atoms with Crippen molar-refractivity contribution in [3.05, 3.63) is 115 Å². The molecule has 246 valence electrons. The topological polar surface area (TPSA) is 60.3 Å². The molecule has 0 aliphatic rings. The molecule has 0 amide bonds. The van der Waals surface area contributed by atoms with Crippen LogP contribution in [0.1, 0.15) is 0 Å². The molecule has 0 atom stereocenters. The van der Waals surface area contributed by atoms with Gasteiger partial charge in [0.15, 0.2) is 34.5 Å². The molecule has 7 nitrogen and oxygen atoms in total. The van der Waals surface area contributed by atoms with Gasteiger partial charge in [0.2, 0.25) is 0 Å². The highest BCUT2D eigenvalue weighted by Crippen LogP contribution is 2.40. The molecule has 0 unspecified atom stereocenters. The Bertz CT molecular complexity index is 2190.